The summed E-state index contributed by atoms with van der Waals surface area (Å²) in [6.07, 6.45) is -0.299. The molecule has 2 rings (SSSR count). The molecule has 0 heterocycles. The van der Waals surface area contributed by atoms with Crippen LogP contribution in [-0.4, -0.2) is 71.7 Å². The second-order valence-corrected chi connectivity index (χ2v) is 9.09. The van der Waals surface area contributed by atoms with Gasteiger partial charge in [0.1, 0.15) is 18.1 Å². The van der Waals surface area contributed by atoms with Gasteiger partial charge in [0.15, 0.2) is 5.96 Å². The molecule has 0 unspecified atom stereocenters. The van der Waals surface area contributed by atoms with Crippen LogP contribution in [0.3, 0.4) is 0 Å². The van der Waals surface area contributed by atoms with Gasteiger partial charge in [-0.3, -0.25) is 33.8 Å². The number of guanidine groups is 1. The van der Waals surface area contributed by atoms with E-state index in [9.17, 15) is 33.9 Å². The molecule has 5 amide bonds. The van der Waals surface area contributed by atoms with Crippen molar-refractivity contribution in [2.45, 2.75) is 44.3 Å². The van der Waals surface area contributed by atoms with E-state index < -0.39 is 66.6 Å². The normalized spacial score (nSPS) is 12.7. The second-order valence-electron chi connectivity index (χ2n) is 9.09. The third-order valence-electron chi connectivity index (χ3n) is 5.77. The van der Waals surface area contributed by atoms with E-state index in [0.29, 0.717) is 12.0 Å². The molecule has 41 heavy (non-hydrogen) atoms. The maximum atomic E-state index is 13.0. The Bertz CT molecular complexity index is 1330. The highest BCUT2D eigenvalue weighted by atomic mass is 16.4. The molecule has 0 fully saturated rings. The minimum atomic E-state index is -1.59. The number of benzene rings is 2. The molecule has 2 aromatic carbocycles. The molecule has 0 radical (unpaired) electrons. The van der Waals surface area contributed by atoms with E-state index >= 15 is 0 Å². The van der Waals surface area contributed by atoms with Gasteiger partial charge < -0.3 is 43.6 Å². The van der Waals surface area contributed by atoms with Crippen LogP contribution in [0, 0.1) is 0 Å². The Balaban J connectivity index is 2.06. The first-order valence-corrected chi connectivity index (χ1v) is 12.6. The van der Waals surface area contributed by atoms with Gasteiger partial charge in [0.05, 0.1) is 13.0 Å². The van der Waals surface area contributed by atoms with Crippen molar-refractivity contribution in [2.24, 2.45) is 22.2 Å². The molecule has 3 atom stereocenters. The predicted octanol–water partition coefficient (Wildman–Crippen LogP) is -1.88. The van der Waals surface area contributed by atoms with Crippen molar-refractivity contribution in [2.75, 3.05) is 13.1 Å². The van der Waals surface area contributed by atoms with E-state index in [-0.39, 0.29) is 18.9 Å². The third-order valence-corrected chi connectivity index (χ3v) is 5.77. The summed E-state index contributed by atoms with van der Waals surface area (Å²) in [6.45, 7) is 0.801. The Labute approximate surface area is 235 Å². The quantitative estimate of drug-likeness (QED) is 0.0675. The van der Waals surface area contributed by atoms with Crippen molar-refractivity contribution in [3.8, 4) is 0 Å². The van der Waals surface area contributed by atoms with Gasteiger partial charge in [-0.25, -0.2) is 0 Å². The molecular weight excluding hydrogens is 536 g/mol. The number of rotatable bonds is 15. The summed E-state index contributed by atoms with van der Waals surface area (Å²) in [6, 6.07) is 8.41. The van der Waals surface area contributed by atoms with E-state index in [1.165, 1.54) is 6.92 Å². The highest BCUT2D eigenvalue weighted by Gasteiger charge is 2.29. The highest BCUT2D eigenvalue weighted by Crippen LogP contribution is 2.20. The number of hydrogen-bond donors (Lipinski definition) is 8. The maximum absolute atomic E-state index is 13.0. The number of amides is 5. The van der Waals surface area contributed by atoms with Crippen LogP contribution in [0.1, 0.15) is 37.8 Å². The van der Waals surface area contributed by atoms with Crippen molar-refractivity contribution >= 4 is 52.2 Å². The number of primary amides is 1. The Morgan fingerprint density at radius 2 is 1.56 bits per heavy atom. The van der Waals surface area contributed by atoms with E-state index in [0.717, 1.165) is 10.8 Å². The average molecular weight is 571 g/mol. The Morgan fingerprint density at radius 3 is 2.17 bits per heavy atom. The summed E-state index contributed by atoms with van der Waals surface area (Å²) in [4.78, 5) is 76.9. The van der Waals surface area contributed by atoms with Crippen LogP contribution in [0.4, 0.5) is 0 Å². The van der Waals surface area contributed by atoms with Crippen LogP contribution in [-0.2, 0) is 28.8 Å². The molecule has 220 valence electrons. The zero-order valence-corrected chi connectivity index (χ0v) is 22.4. The predicted molar refractivity (Wildman–Crippen MR) is 149 cm³/mol. The number of nitrogens with zero attached hydrogens (tertiary/aromatic N) is 1. The van der Waals surface area contributed by atoms with Gasteiger partial charge in [0.2, 0.25) is 29.5 Å². The largest absolute Gasteiger partial charge is 0.481 e. The maximum Gasteiger partial charge on any atom is 0.305 e. The summed E-state index contributed by atoms with van der Waals surface area (Å²) in [5, 5.41) is 20.4. The molecule has 0 aliphatic rings. The highest BCUT2D eigenvalue weighted by molar-refractivity contribution is 5.96. The van der Waals surface area contributed by atoms with Gasteiger partial charge in [0.25, 0.3) is 0 Å². The number of aliphatic imine (C=N–C) groups is 1. The molecule has 11 N–H and O–H groups in total. The van der Waals surface area contributed by atoms with Crippen LogP contribution in [0.5, 0.6) is 0 Å². The molecule has 15 heteroatoms. The third kappa shape index (κ3) is 10.8. The first-order valence-electron chi connectivity index (χ1n) is 12.6. The molecule has 0 bridgehead atoms. The van der Waals surface area contributed by atoms with Crippen LogP contribution < -0.4 is 38.5 Å². The van der Waals surface area contributed by atoms with Crippen LogP contribution in [0.15, 0.2) is 47.5 Å². The topological polar surface area (TPSA) is 261 Å². The van der Waals surface area contributed by atoms with Gasteiger partial charge in [-0.1, -0.05) is 36.4 Å². The smallest absolute Gasteiger partial charge is 0.305 e. The molecular formula is C26H34N8O7. The minimum absolute atomic E-state index is 0.124. The molecule has 0 aromatic heterocycles. The van der Waals surface area contributed by atoms with E-state index in [2.05, 4.69) is 26.3 Å². The van der Waals surface area contributed by atoms with Crippen molar-refractivity contribution in [3.05, 3.63) is 48.0 Å². The van der Waals surface area contributed by atoms with Gasteiger partial charge in [-0.05, 0) is 35.2 Å². The second kappa shape index (κ2) is 15.4. The number of carbonyl (C=O) groups is 6. The monoisotopic (exact) mass is 570 g/mol. The number of hydrogen-bond acceptors (Lipinski definition) is 7. The van der Waals surface area contributed by atoms with Crippen molar-refractivity contribution in [3.63, 3.8) is 0 Å². The standard InChI is InChI=1S/C26H34N8O7/c1-14(35)32-18(7-4-10-30-26(28)29)24(40)31-13-20(36)33-19(12-21(37)38)25(41)34-22(23(27)39)17-9-8-15-5-2-3-6-16(15)11-17/h2-3,5-6,8-9,11,18-19,22H,4,7,10,12-13H2,1H3,(H2,27,39)(H,31,40)(H,32,35)(H,33,36)(H,34,41)(H,37,38)(H4,28,29,30)/t18-,19-,22-/m0/s1. The van der Waals surface area contributed by atoms with Crippen molar-refractivity contribution in [1.29, 1.82) is 0 Å². The number of carbonyl (C=O) groups excluding carboxylic acids is 5. The summed E-state index contributed by atoms with van der Waals surface area (Å²) >= 11 is 0. The van der Waals surface area contributed by atoms with E-state index in [1.807, 2.05) is 12.1 Å². The lowest BCUT2D eigenvalue weighted by Gasteiger charge is -2.22. The molecule has 0 saturated heterocycles. The average Bonchev–Trinajstić information content (AvgIpc) is 2.90. The summed E-state index contributed by atoms with van der Waals surface area (Å²) in [5.41, 5.74) is 16.4. The van der Waals surface area contributed by atoms with Crippen LogP contribution in [0.25, 0.3) is 10.8 Å². The molecule has 2 aromatic rings. The lowest BCUT2D eigenvalue weighted by atomic mass is 10.0. The van der Waals surface area contributed by atoms with Crippen molar-refractivity contribution in [1.82, 2.24) is 21.3 Å². The van der Waals surface area contributed by atoms with Crippen LogP contribution >= 0.6 is 0 Å². The summed E-state index contributed by atoms with van der Waals surface area (Å²) < 4.78 is 0. The first-order chi connectivity index (χ1) is 19.4. The van der Waals surface area contributed by atoms with Gasteiger partial charge in [0, 0.05) is 13.5 Å². The number of fused-ring (bicyclic) bond motifs is 1. The minimum Gasteiger partial charge on any atom is -0.481 e. The summed E-state index contributed by atoms with van der Waals surface area (Å²) in [5.74, 6) is -5.45. The van der Waals surface area contributed by atoms with Gasteiger partial charge in [-0.2, -0.15) is 0 Å². The number of aliphatic carboxylic acids is 1. The molecule has 0 aliphatic carbocycles. The summed E-state index contributed by atoms with van der Waals surface area (Å²) in [7, 11) is 0. The fourth-order valence-electron chi connectivity index (χ4n) is 3.89. The number of nitrogens with one attached hydrogen (secondary N) is 4. The molecule has 0 spiro atoms. The van der Waals surface area contributed by atoms with Crippen molar-refractivity contribution < 1.29 is 33.9 Å². The first kappa shape index (κ1) is 32.0. The Kier molecular flexibility index (Phi) is 12.0. The van der Waals surface area contributed by atoms with Crippen LogP contribution in [0.2, 0.25) is 0 Å². The Hall–Kier alpha value is -5.21. The molecule has 0 saturated carbocycles. The fourth-order valence-corrected chi connectivity index (χ4v) is 3.89. The zero-order chi connectivity index (χ0) is 30.5. The van der Waals surface area contributed by atoms with Gasteiger partial charge in [-0.15, -0.1) is 0 Å². The number of nitrogens with two attached hydrogens (primary N) is 3. The van der Waals surface area contributed by atoms with E-state index in [1.54, 1.807) is 30.3 Å². The van der Waals surface area contributed by atoms with E-state index in [4.69, 9.17) is 17.2 Å². The lowest BCUT2D eigenvalue weighted by Crippen LogP contribution is -2.53. The number of carboxylic acid groups (broad SMARTS) is 1. The Morgan fingerprint density at radius 1 is 0.878 bits per heavy atom. The zero-order valence-electron chi connectivity index (χ0n) is 22.4. The molecule has 15 nitrogen and oxygen atoms in total. The molecule has 0 aliphatic heterocycles. The SMILES string of the molecule is CC(=O)N[C@@H](CCCN=C(N)N)C(=O)NCC(=O)N[C@@H](CC(=O)O)C(=O)N[C@H](C(N)=O)c1ccc2ccccc2c1. The van der Waals surface area contributed by atoms with Gasteiger partial charge >= 0.3 is 5.97 Å². The lowest BCUT2D eigenvalue weighted by molar-refractivity contribution is -0.141. The number of carboxylic acids is 1. The fraction of sp³-hybridized carbons (Fsp3) is 0.346.